The Kier molecular flexibility index (Phi) is 4.23. The van der Waals surface area contributed by atoms with Gasteiger partial charge in [-0.1, -0.05) is 32.4 Å². The number of hydrogen-bond donors (Lipinski definition) is 1. The Labute approximate surface area is 124 Å². The van der Waals surface area contributed by atoms with Crippen molar-refractivity contribution in [3.05, 3.63) is 23.0 Å². The van der Waals surface area contributed by atoms with Gasteiger partial charge in [0.1, 0.15) is 11.3 Å². The minimum atomic E-state index is -0.440. The first-order valence-corrected chi connectivity index (χ1v) is 7.26. The topological polar surface area (TPSA) is 65.2 Å². The summed E-state index contributed by atoms with van der Waals surface area (Å²) in [4.78, 5) is 16.1. The van der Waals surface area contributed by atoms with Crippen molar-refractivity contribution in [1.29, 1.82) is 0 Å². The van der Waals surface area contributed by atoms with Crippen LogP contribution in [-0.2, 0) is 4.74 Å². The minimum absolute atomic E-state index is 0.0706. The molecule has 0 radical (unpaired) electrons. The average molecular weight is 297 g/mol. The zero-order valence-electron chi connectivity index (χ0n) is 12.1. The summed E-state index contributed by atoms with van der Waals surface area (Å²) in [6.07, 6.45) is 4.27. The molecule has 2 atom stereocenters. The maximum absolute atomic E-state index is 12.2. The van der Waals surface area contributed by atoms with Crippen molar-refractivity contribution in [1.82, 2.24) is 4.98 Å². The number of nitrogen functional groups attached to an aromatic ring is 1. The predicted octanol–water partition coefficient (Wildman–Crippen LogP) is 3.69. The Hall–Kier alpha value is -1.29. The highest BCUT2D eigenvalue weighted by molar-refractivity contribution is 6.32. The zero-order chi connectivity index (χ0) is 14.9. The highest BCUT2D eigenvalue weighted by atomic mass is 35.5. The molecule has 0 bridgehead atoms. The van der Waals surface area contributed by atoms with Crippen molar-refractivity contribution in [2.24, 2.45) is 11.3 Å². The van der Waals surface area contributed by atoms with E-state index in [9.17, 15) is 4.79 Å². The van der Waals surface area contributed by atoms with E-state index in [1.807, 2.05) is 0 Å². The average Bonchev–Trinajstić information content (AvgIpc) is 2.29. The second-order valence-corrected chi connectivity index (χ2v) is 6.91. The number of nitrogens with two attached hydrogens (primary N) is 1. The monoisotopic (exact) mass is 296 g/mol. The number of pyridine rings is 1. The van der Waals surface area contributed by atoms with E-state index in [0.29, 0.717) is 11.6 Å². The van der Waals surface area contributed by atoms with Gasteiger partial charge in [-0.15, -0.1) is 0 Å². The second-order valence-electron chi connectivity index (χ2n) is 6.55. The van der Waals surface area contributed by atoms with E-state index in [0.717, 1.165) is 19.3 Å². The molecule has 1 aliphatic rings. The number of rotatable bonds is 2. The van der Waals surface area contributed by atoms with Gasteiger partial charge in [-0.05, 0) is 36.7 Å². The Balaban J connectivity index is 2.09. The number of carbonyl (C=O) groups excluding carboxylic acids is 1. The van der Waals surface area contributed by atoms with Crippen LogP contribution < -0.4 is 5.73 Å². The molecule has 4 nitrogen and oxygen atoms in total. The lowest BCUT2D eigenvalue weighted by Crippen LogP contribution is -2.34. The fraction of sp³-hybridized carbons (Fsp3) is 0.600. The van der Waals surface area contributed by atoms with Crippen LogP contribution in [-0.4, -0.2) is 17.1 Å². The van der Waals surface area contributed by atoms with Crippen LogP contribution in [0.5, 0.6) is 0 Å². The van der Waals surface area contributed by atoms with E-state index in [4.69, 9.17) is 22.1 Å². The summed E-state index contributed by atoms with van der Waals surface area (Å²) >= 11 is 5.93. The summed E-state index contributed by atoms with van der Waals surface area (Å²) in [5.41, 5.74) is 6.47. The van der Waals surface area contributed by atoms with Crippen LogP contribution in [0, 0.1) is 11.3 Å². The van der Waals surface area contributed by atoms with Gasteiger partial charge in [0, 0.05) is 0 Å². The molecule has 1 aliphatic carbocycles. The van der Waals surface area contributed by atoms with Crippen LogP contribution in [0.4, 0.5) is 5.69 Å². The van der Waals surface area contributed by atoms with E-state index in [1.165, 1.54) is 12.3 Å². The largest absolute Gasteiger partial charge is 0.459 e. The van der Waals surface area contributed by atoms with Gasteiger partial charge in [-0.3, -0.25) is 0 Å². The summed E-state index contributed by atoms with van der Waals surface area (Å²) < 4.78 is 5.60. The summed E-state index contributed by atoms with van der Waals surface area (Å²) in [5.74, 6) is 0.107. The fourth-order valence-corrected chi connectivity index (χ4v) is 3.35. The van der Waals surface area contributed by atoms with E-state index in [1.54, 1.807) is 0 Å². The summed E-state index contributed by atoms with van der Waals surface area (Å²) in [7, 11) is 0. The zero-order valence-corrected chi connectivity index (χ0v) is 12.9. The third-order valence-electron chi connectivity index (χ3n) is 3.70. The van der Waals surface area contributed by atoms with E-state index in [2.05, 4.69) is 25.8 Å². The first kappa shape index (κ1) is 15.1. The Bertz CT molecular complexity index is 517. The molecule has 1 aromatic heterocycles. The van der Waals surface area contributed by atoms with Crippen molar-refractivity contribution in [3.63, 3.8) is 0 Å². The van der Waals surface area contributed by atoms with Gasteiger partial charge in [0.25, 0.3) is 0 Å². The maximum Gasteiger partial charge on any atom is 0.341 e. The quantitative estimate of drug-likeness (QED) is 0.668. The van der Waals surface area contributed by atoms with Gasteiger partial charge in [0.05, 0.1) is 17.4 Å². The summed E-state index contributed by atoms with van der Waals surface area (Å²) in [6.45, 7) is 6.61. The number of halogens is 1. The number of hydrogen-bond acceptors (Lipinski definition) is 4. The number of esters is 1. The molecule has 1 fully saturated rings. The molecule has 1 heterocycles. The van der Waals surface area contributed by atoms with Crippen LogP contribution in [0.1, 0.15) is 50.4 Å². The molecule has 0 aliphatic heterocycles. The lowest BCUT2D eigenvalue weighted by Gasteiger charge is -2.38. The van der Waals surface area contributed by atoms with E-state index < -0.39 is 5.97 Å². The molecule has 0 saturated heterocycles. The highest BCUT2D eigenvalue weighted by Crippen LogP contribution is 2.40. The van der Waals surface area contributed by atoms with Gasteiger partial charge in [-0.2, -0.15) is 0 Å². The minimum Gasteiger partial charge on any atom is -0.459 e. The normalized spacial score (nSPS) is 25.2. The van der Waals surface area contributed by atoms with Gasteiger partial charge in [0.2, 0.25) is 0 Å². The molecular formula is C15H21ClN2O2. The SMILES string of the molecule is CC1CC(OC(=O)c2cc(N)cnc2Cl)CC(C)(C)C1. The molecule has 5 heteroatoms. The number of carbonyl (C=O) groups is 1. The van der Waals surface area contributed by atoms with E-state index in [-0.39, 0.29) is 22.2 Å². The van der Waals surface area contributed by atoms with Crippen molar-refractivity contribution >= 4 is 23.3 Å². The number of nitrogens with zero attached hydrogens (tertiary/aromatic N) is 1. The summed E-state index contributed by atoms with van der Waals surface area (Å²) in [6, 6.07) is 1.51. The lowest BCUT2D eigenvalue weighted by molar-refractivity contribution is -0.00715. The first-order valence-electron chi connectivity index (χ1n) is 6.89. The fourth-order valence-electron chi connectivity index (χ4n) is 3.17. The first-order chi connectivity index (χ1) is 9.27. The highest BCUT2D eigenvalue weighted by Gasteiger charge is 2.34. The van der Waals surface area contributed by atoms with Crippen molar-refractivity contribution in [2.75, 3.05) is 5.73 Å². The Morgan fingerprint density at radius 1 is 1.50 bits per heavy atom. The third kappa shape index (κ3) is 3.63. The maximum atomic E-state index is 12.2. The van der Waals surface area contributed by atoms with Crippen LogP contribution in [0.15, 0.2) is 12.3 Å². The van der Waals surface area contributed by atoms with Gasteiger partial charge in [0.15, 0.2) is 0 Å². The summed E-state index contributed by atoms with van der Waals surface area (Å²) in [5, 5.41) is 0.132. The molecular weight excluding hydrogens is 276 g/mol. The lowest BCUT2D eigenvalue weighted by atomic mass is 9.71. The van der Waals surface area contributed by atoms with Crippen molar-refractivity contribution in [3.8, 4) is 0 Å². The number of ether oxygens (including phenoxy) is 1. The molecule has 0 spiro atoms. The van der Waals surface area contributed by atoms with Crippen molar-refractivity contribution < 1.29 is 9.53 Å². The Morgan fingerprint density at radius 2 is 2.20 bits per heavy atom. The number of anilines is 1. The van der Waals surface area contributed by atoms with E-state index >= 15 is 0 Å². The molecule has 0 aromatic carbocycles. The van der Waals surface area contributed by atoms with Crippen LogP contribution in [0.3, 0.4) is 0 Å². The molecule has 0 amide bonds. The smallest absolute Gasteiger partial charge is 0.341 e. The standard InChI is InChI=1S/C15H21ClN2O2/c1-9-4-11(7-15(2,3)6-9)20-14(19)12-5-10(17)8-18-13(12)16/h5,8-9,11H,4,6-7,17H2,1-3H3. The van der Waals surface area contributed by atoms with Gasteiger partial charge < -0.3 is 10.5 Å². The number of aromatic nitrogens is 1. The molecule has 1 saturated carbocycles. The molecule has 1 aromatic rings. The van der Waals surface area contributed by atoms with Gasteiger partial charge in [-0.25, -0.2) is 9.78 Å². The Morgan fingerprint density at radius 3 is 2.85 bits per heavy atom. The molecule has 20 heavy (non-hydrogen) atoms. The van der Waals surface area contributed by atoms with Crippen LogP contribution >= 0.6 is 11.6 Å². The van der Waals surface area contributed by atoms with Crippen molar-refractivity contribution in [2.45, 2.75) is 46.1 Å². The molecule has 2 rings (SSSR count). The van der Waals surface area contributed by atoms with Crippen LogP contribution in [0.25, 0.3) is 0 Å². The molecule has 2 N–H and O–H groups in total. The molecule has 110 valence electrons. The predicted molar refractivity (Wildman–Crippen MR) is 79.7 cm³/mol. The third-order valence-corrected chi connectivity index (χ3v) is 4.00. The van der Waals surface area contributed by atoms with Crippen LogP contribution in [0.2, 0.25) is 5.15 Å². The molecule has 2 unspecified atom stereocenters. The second kappa shape index (κ2) is 5.60. The van der Waals surface area contributed by atoms with Gasteiger partial charge >= 0.3 is 5.97 Å².